The minimum absolute atomic E-state index is 0.000688. The first-order valence-electron chi connectivity index (χ1n) is 15.4. The van der Waals surface area contributed by atoms with E-state index in [1.165, 1.54) is 6.42 Å². The highest BCUT2D eigenvalue weighted by atomic mass is 16.2. The summed E-state index contributed by atoms with van der Waals surface area (Å²) in [5, 5.41) is 4.21. The second-order valence-electron chi connectivity index (χ2n) is 12.5. The highest BCUT2D eigenvalue weighted by molar-refractivity contribution is 5.88. The third kappa shape index (κ3) is 5.96. The van der Waals surface area contributed by atoms with Crippen LogP contribution in [0.25, 0.3) is 21.9 Å². The lowest BCUT2D eigenvalue weighted by molar-refractivity contribution is -0.134. The number of nitrogens with zero attached hydrogens (tertiary/aromatic N) is 3. The van der Waals surface area contributed by atoms with Gasteiger partial charge in [0.2, 0.25) is 5.91 Å². The van der Waals surface area contributed by atoms with Gasteiger partial charge < -0.3 is 25.1 Å². The zero-order chi connectivity index (χ0) is 29.2. The molecule has 2 aromatic carbocycles. The van der Waals surface area contributed by atoms with Gasteiger partial charge in [-0.05, 0) is 85.2 Å². The third-order valence-corrected chi connectivity index (χ3v) is 9.13. The van der Waals surface area contributed by atoms with Crippen LogP contribution in [0.15, 0.2) is 59.5 Å². The number of para-hydroxylation sites is 2. The predicted molar refractivity (Wildman–Crippen MR) is 165 cm³/mol. The first-order chi connectivity index (χ1) is 20.4. The SMILES string of the molecule is CC(C)CC1CCN(C(=O)C(Cc2ccc3[nH]ccc3c2)NC(=O)N2CCC(n3c(=O)[nH]c4ccccc43)CC2)CC1. The Labute approximate surface area is 246 Å². The number of likely N-dealkylation sites (tertiary alicyclic amines) is 2. The van der Waals surface area contributed by atoms with Crippen molar-refractivity contribution in [1.82, 2.24) is 29.7 Å². The molecule has 1 unspecified atom stereocenters. The number of benzene rings is 2. The van der Waals surface area contributed by atoms with Gasteiger partial charge in [0, 0.05) is 50.4 Å². The van der Waals surface area contributed by atoms with Crippen molar-refractivity contribution in [2.75, 3.05) is 26.2 Å². The van der Waals surface area contributed by atoms with Crippen LogP contribution in [0.4, 0.5) is 4.79 Å². The van der Waals surface area contributed by atoms with Gasteiger partial charge in [0.1, 0.15) is 6.04 Å². The van der Waals surface area contributed by atoms with E-state index in [9.17, 15) is 14.4 Å². The van der Waals surface area contributed by atoms with Gasteiger partial charge in [-0.3, -0.25) is 9.36 Å². The number of carbonyl (C=O) groups is 2. The number of fused-ring (bicyclic) bond motifs is 2. The lowest BCUT2D eigenvalue weighted by atomic mass is 9.88. The predicted octanol–water partition coefficient (Wildman–Crippen LogP) is 5.05. The van der Waals surface area contributed by atoms with Crippen LogP contribution in [0.2, 0.25) is 0 Å². The minimum Gasteiger partial charge on any atom is -0.361 e. The molecule has 1 atom stereocenters. The van der Waals surface area contributed by atoms with E-state index in [0.29, 0.717) is 44.2 Å². The summed E-state index contributed by atoms with van der Waals surface area (Å²) in [6.07, 6.45) is 6.94. The second kappa shape index (κ2) is 12.1. The molecule has 2 saturated heterocycles. The largest absolute Gasteiger partial charge is 0.361 e. The number of amides is 3. The van der Waals surface area contributed by atoms with Crippen molar-refractivity contribution in [3.05, 3.63) is 70.8 Å². The van der Waals surface area contributed by atoms with Gasteiger partial charge in [0.05, 0.1) is 11.0 Å². The molecule has 42 heavy (non-hydrogen) atoms. The van der Waals surface area contributed by atoms with Crippen LogP contribution in [0.5, 0.6) is 0 Å². The Morgan fingerprint density at radius 2 is 1.67 bits per heavy atom. The Hall–Kier alpha value is -4.01. The van der Waals surface area contributed by atoms with Crippen LogP contribution in [-0.2, 0) is 11.2 Å². The molecule has 2 fully saturated rings. The number of aromatic nitrogens is 3. The Morgan fingerprint density at radius 3 is 2.43 bits per heavy atom. The molecular formula is C33H42N6O3. The zero-order valence-electron chi connectivity index (χ0n) is 24.6. The summed E-state index contributed by atoms with van der Waals surface area (Å²) >= 11 is 0. The second-order valence-corrected chi connectivity index (χ2v) is 12.5. The van der Waals surface area contributed by atoms with Gasteiger partial charge in [0.25, 0.3) is 0 Å². The van der Waals surface area contributed by atoms with E-state index in [0.717, 1.165) is 53.4 Å². The van der Waals surface area contributed by atoms with Gasteiger partial charge in [-0.15, -0.1) is 0 Å². The van der Waals surface area contributed by atoms with Crippen molar-refractivity contribution in [2.24, 2.45) is 11.8 Å². The summed E-state index contributed by atoms with van der Waals surface area (Å²) < 4.78 is 1.83. The normalized spacial score (nSPS) is 17.8. The molecule has 4 aromatic rings. The number of H-pyrrole nitrogens is 2. The van der Waals surface area contributed by atoms with E-state index >= 15 is 0 Å². The fraction of sp³-hybridized carbons (Fsp3) is 0.485. The highest BCUT2D eigenvalue weighted by Crippen LogP contribution is 2.27. The number of carbonyl (C=O) groups excluding carboxylic acids is 2. The molecule has 0 aliphatic carbocycles. The summed E-state index contributed by atoms with van der Waals surface area (Å²) in [6.45, 7) is 7.05. The molecule has 9 nitrogen and oxygen atoms in total. The molecule has 222 valence electrons. The van der Waals surface area contributed by atoms with E-state index in [4.69, 9.17) is 0 Å². The van der Waals surface area contributed by atoms with Crippen molar-refractivity contribution in [2.45, 2.75) is 64.5 Å². The van der Waals surface area contributed by atoms with Crippen LogP contribution in [0, 0.1) is 11.8 Å². The number of hydrogen-bond acceptors (Lipinski definition) is 3. The molecule has 6 rings (SSSR count). The average molecular weight is 571 g/mol. The van der Waals surface area contributed by atoms with Crippen molar-refractivity contribution in [3.8, 4) is 0 Å². The molecule has 0 saturated carbocycles. The fourth-order valence-electron chi connectivity index (χ4n) is 6.95. The monoisotopic (exact) mass is 570 g/mol. The Kier molecular flexibility index (Phi) is 8.09. The summed E-state index contributed by atoms with van der Waals surface area (Å²) in [5.41, 5.74) is 3.69. The van der Waals surface area contributed by atoms with Crippen LogP contribution in [0.1, 0.15) is 57.6 Å². The number of imidazole rings is 1. The van der Waals surface area contributed by atoms with E-state index in [1.54, 1.807) is 4.90 Å². The molecule has 3 N–H and O–H groups in total. The Bertz CT molecular complexity index is 1600. The number of hydrogen-bond donors (Lipinski definition) is 3. The number of rotatable bonds is 7. The maximum atomic E-state index is 13.9. The Balaban J connectivity index is 1.14. The molecular weight excluding hydrogens is 528 g/mol. The average Bonchev–Trinajstić information content (AvgIpc) is 3.59. The summed E-state index contributed by atoms with van der Waals surface area (Å²) in [4.78, 5) is 50.1. The van der Waals surface area contributed by atoms with Crippen LogP contribution >= 0.6 is 0 Å². The third-order valence-electron chi connectivity index (χ3n) is 9.13. The molecule has 9 heteroatoms. The van der Waals surface area contributed by atoms with Gasteiger partial charge in [-0.2, -0.15) is 0 Å². The van der Waals surface area contributed by atoms with Crippen LogP contribution in [0.3, 0.4) is 0 Å². The standard InChI is InChI=1S/C33H42N6O3/c1-22(2)19-23-10-15-37(16-11-23)31(40)29(21-24-7-8-27-25(20-24)9-14-34-27)36-32(41)38-17-12-26(13-18-38)39-30-6-4-3-5-28(30)35-33(39)42/h3-9,14,20,22-23,26,29,34H,10-13,15-19,21H2,1-2H3,(H,35,42)(H,36,41). The zero-order valence-corrected chi connectivity index (χ0v) is 24.6. The van der Waals surface area contributed by atoms with Crippen molar-refractivity contribution >= 4 is 33.9 Å². The smallest absolute Gasteiger partial charge is 0.326 e. The fourth-order valence-corrected chi connectivity index (χ4v) is 6.95. The quantitative estimate of drug-likeness (QED) is 0.289. The van der Waals surface area contributed by atoms with E-state index in [1.807, 2.05) is 58.1 Å². The van der Waals surface area contributed by atoms with Crippen LogP contribution < -0.4 is 11.0 Å². The molecule has 3 amide bonds. The summed E-state index contributed by atoms with van der Waals surface area (Å²) in [5.74, 6) is 1.32. The van der Waals surface area contributed by atoms with Crippen molar-refractivity contribution < 1.29 is 9.59 Å². The van der Waals surface area contributed by atoms with Gasteiger partial charge >= 0.3 is 11.7 Å². The number of nitrogens with one attached hydrogen (secondary N) is 3. The van der Waals surface area contributed by atoms with Gasteiger partial charge in [0.15, 0.2) is 0 Å². The molecule has 0 spiro atoms. The molecule has 2 aliphatic heterocycles. The van der Waals surface area contributed by atoms with Crippen molar-refractivity contribution in [1.29, 1.82) is 0 Å². The lowest BCUT2D eigenvalue weighted by Gasteiger charge is -2.36. The highest BCUT2D eigenvalue weighted by Gasteiger charge is 2.32. The number of aromatic amines is 2. The van der Waals surface area contributed by atoms with Gasteiger partial charge in [-0.25, -0.2) is 9.59 Å². The molecule has 2 aliphatic rings. The topological polar surface area (TPSA) is 106 Å². The molecule has 2 aromatic heterocycles. The van der Waals surface area contributed by atoms with Crippen LogP contribution in [-0.4, -0.2) is 68.5 Å². The van der Waals surface area contributed by atoms with Gasteiger partial charge in [-0.1, -0.05) is 32.0 Å². The number of piperidine rings is 2. The molecule has 4 heterocycles. The van der Waals surface area contributed by atoms with E-state index < -0.39 is 6.04 Å². The summed E-state index contributed by atoms with van der Waals surface area (Å²) in [7, 11) is 0. The first kappa shape index (κ1) is 28.1. The summed E-state index contributed by atoms with van der Waals surface area (Å²) in [6, 6.07) is 15.1. The molecule has 0 radical (unpaired) electrons. The van der Waals surface area contributed by atoms with Crippen molar-refractivity contribution in [3.63, 3.8) is 0 Å². The lowest BCUT2D eigenvalue weighted by Crippen LogP contribution is -2.55. The number of urea groups is 1. The minimum atomic E-state index is -0.635. The Morgan fingerprint density at radius 1 is 0.929 bits per heavy atom. The first-order valence-corrected chi connectivity index (χ1v) is 15.4. The van der Waals surface area contributed by atoms with E-state index in [-0.39, 0.29) is 23.7 Å². The maximum Gasteiger partial charge on any atom is 0.326 e. The molecule has 0 bridgehead atoms. The van der Waals surface area contributed by atoms with E-state index in [2.05, 4.69) is 35.2 Å². The maximum absolute atomic E-state index is 13.9.